The first-order valence-corrected chi connectivity index (χ1v) is 8.24. The van der Waals surface area contributed by atoms with Gasteiger partial charge in [-0.3, -0.25) is 4.79 Å². The predicted molar refractivity (Wildman–Crippen MR) is 89.5 cm³/mol. The minimum atomic E-state index is -0.00911. The van der Waals surface area contributed by atoms with Crippen LogP contribution >= 0.6 is 11.8 Å². The highest BCUT2D eigenvalue weighted by Gasteiger charge is 2.29. The molecule has 0 bridgehead atoms. The van der Waals surface area contributed by atoms with Crippen molar-refractivity contribution in [1.29, 1.82) is 0 Å². The molecule has 0 radical (unpaired) electrons. The van der Waals surface area contributed by atoms with Gasteiger partial charge >= 0.3 is 0 Å². The van der Waals surface area contributed by atoms with Crippen LogP contribution < -0.4 is 11.1 Å². The average Bonchev–Trinajstić information content (AvgIpc) is 2.91. The van der Waals surface area contributed by atoms with E-state index in [0.29, 0.717) is 12.1 Å². The second-order valence-electron chi connectivity index (χ2n) is 5.62. The van der Waals surface area contributed by atoms with E-state index in [2.05, 4.69) is 24.1 Å². The lowest BCUT2D eigenvalue weighted by Gasteiger charge is -2.22. The van der Waals surface area contributed by atoms with E-state index in [4.69, 9.17) is 5.73 Å². The first-order valence-electron chi connectivity index (χ1n) is 7.26. The summed E-state index contributed by atoms with van der Waals surface area (Å²) in [5.74, 6) is 7.03. The number of carbonyl (C=O) groups is 1. The molecule has 4 heteroatoms. The van der Waals surface area contributed by atoms with Gasteiger partial charge in [-0.05, 0) is 56.2 Å². The standard InChI is InChI=1S/C17H22N2OS/c1-13-11-15(7-6-14(13)5-3-9-18)16(20)19-12-17(2)8-4-10-21-17/h6-7,11H,4,8-10,12,18H2,1-2H3,(H,19,20). The number of nitrogens with one attached hydrogen (secondary N) is 1. The minimum Gasteiger partial charge on any atom is -0.351 e. The molecule has 0 aliphatic carbocycles. The molecule has 1 saturated heterocycles. The molecule has 0 saturated carbocycles. The lowest BCUT2D eigenvalue weighted by atomic mass is 10.0. The highest BCUT2D eigenvalue weighted by atomic mass is 32.2. The molecule has 2 rings (SSSR count). The number of nitrogens with two attached hydrogens (primary N) is 1. The van der Waals surface area contributed by atoms with E-state index in [0.717, 1.165) is 17.7 Å². The summed E-state index contributed by atoms with van der Waals surface area (Å²) in [6.07, 6.45) is 2.41. The lowest BCUT2D eigenvalue weighted by molar-refractivity contribution is 0.0950. The van der Waals surface area contributed by atoms with Crippen LogP contribution in [-0.2, 0) is 0 Å². The van der Waals surface area contributed by atoms with Crippen molar-refractivity contribution in [3.63, 3.8) is 0 Å². The van der Waals surface area contributed by atoms with Crippen molar-refractivity contribution >= 4 is 17.7 Å². The normalized spacial score (nSPS) is 20.7. The number of benzene rings is 1. The van der Waals surface area contributed by atoms with Crippen LogP contribution in [0.25, 0.3) is 0 Å². The van der Waals surface area contributed by atoms with Crippen molar-refractivity contribution in [1.82, 2.24) is 5.32 Å². The molecule has 1 amide bonds. The molecular weight excluding hydrogens is 280 g/mol. The molecule has 1 aliphatic heterocycles. The van der Waals surface area contributed by atoms with Gasteiger partial charge in [0.15, 0.2) is 0 Å². The van der Waals surface area contributed by atoms with Gasteiger partial charge in [-0.1, -0.05) is 11.8 Å². The molecular formula is C17H22N2OS. The summed E-state index contributed by atoms with van der Waals surface area (Å²) in [6.45, 7) is 5.26. The van der Waals surface area contributed by atoms with Gasteiger partial charge in [0, 0.05) is 22.4 Å². The van der Waals surface area contributed by atoms with E-state index in [-0.39, 0.29) is 10.7 Å². The van der Waals surface area contributed by atoms with Crippen molar-refractivity contribution in [2.24, 2.45) is 5.73 Å². The number of hydrogen-bond acceptors (Lipinski definition) is 3. The van der Waals surface area contributed by atoms with Crippen molar-refractivity contribution in [3.8, 4) is 11.8 Å². The Morgan fingerprint density at radius 2 is 2.33 bits per heavy atom. The third kappa shape index (κ3) is 4.26. The van der Waals surface area contributed by atoms with Crippen LogP contribution in [0.4, 0.5) is 0 Å². The number of amides is 1. The van der Waals surface area contributed by atoms with Crippen LogP contribution in [0.3, 0.4) is 0 Å². The van der Waals surface area contributed by atoms with Gasteiger partial charge in [-0.2, -0.15) is 11.8 Å². The van der Waals surface area contributed by atoms with E-state index in [1.54, 1.807) is 0 Å². The van der Waals surface area contributed by atoms with Crippen molar-refractivity contribution in [2.75, 3.05) is 18.8 Å². The maximum atomic E-state index is 12.2. The first-order chi connectivity index (χ1) is 10.0. The van der Waals surface area contributed by atoms with E-state index in [9.17, 15) is 4.79 Å². The molecule has 1 aromatic carbocycles. The second-order valence-corrected chi connectivity index (χ2v) is 7.30. The van der Waals surface area contributed by atoms with Crippen molar-refractivity contribution in [3.05, 3.63) is 34.9 Å². The molecule has 1 fully saturated rings. The summed E-state index contributed by atoms with van der Waals surface area (Å²) in [5, 5.41) is 3.06. The Morgan fingerprint density at radius 1 is 1.52 bits per heavy atom. The number of thioether (sulfide) groups is 1. The number of aryl methyl sites for hydroxylation is 1. The quantitative estimate of drug-likeness (QED) is 0.843. The van der Waals surface area contributed by atoms with E-state index in [1.165, 1.54) is 18.6 Å². The largest absolute Gasteiger partial charge is 0.351 e. The van der Waals surface area contributed by atoms with E-state index >= 15 is 0 Å². The fourth-order valence-corrected chi connectivity index (χ4v) is 3.68. The maximum Gasteiger partial charge on any atom is 0.251 e. The Morgan fingerprint density at radius 3 is 2.95 bits per heavy atom. The SMILES string of the molecule is Cc1cc(C(=O)NCC2(C)CCCS2)ccc1C#CCN. The van der Waals surface area contributed by atoms with Gasteiger partial charge in [0.25, 0.3) is 5.91 Å². The molecule has 1 atom stereocenters. The summed E-state index contributed by atoms with van der Waals surface area (Å²) in [4.78, 5) is 12.2. The summed E-state index contributed by atoms with van der Waals surface area (Å²) in [7, 11) is 0. The summed E-state index contributed by atoms with van der Waals surface area (Å²) < 4.78 is 0.192. The topological polar surface area (TPSA) is 55.1 Å². The molecule has 112 valence electrons. The molecule has 1 aliphatic rings. The van der Waals surface area contributed by atoms with E-state index < -0.39 is 0 Å². The second kappa shape index (κ2) is 7.02. The Hall–Kier alpha value is -1.44. The Kier molecular flexibility index (Phi) is 5.33. The summed E-state index contributed by atoms with van der Waals surface area (Å²) in [5.41, 5.74) is 8.00. The molecule has 1 aromatic rings. The predicted octanol–water partition coefficient (Wildman–Crippen LogP) is 2.32. The van der Waals surface area contributed by atoms with Gasteiger partial charge in [0.2, 0.25) is 0 Å². The first kappa shape index (κ1) is 15.9. The van der Waals surface area contributed by atoms with Gasteiger partial charge in [0.05, 0.1) is 6.54 Å². The molecule has 0 spiro atoms. The summed E-state index contributed by atoms with van der Waals surface area (Å²) in [6, 6.07) is 5.60. The average molecular weight is 302 g/mol. The third-order valence-corrected chi connectivity index (χ3v) is 5.28. The Bertz CT molecular complexity index is 580. The highest BCUT2D eigenvalue weighted by Crippen LogP contribution is 2.36. The number of hydrogen-bond donors (Lipinski definition) is 2. The zero-order valence-electron chi connectivity index (χ0n) is 12.7. The fourth-order valence-electron chi connectivity index (χ4n) is 2.44. The van der Waals surface area contributed by atoms with Gasteiger partial charge in [-0.25, -0.2) is 0 Å². The van der Waals surface area contributed by atoms with Crippen LogP contribution in [-0.4, -0.2) is 29.5 Å². The van der Waals surface area contributed by atoms with Crippen LogP contribution in [0.1, 0.15) is 41.3 Å². The molecule has 1 heterocycles. The smallest absolute Gasteiger partial charge is 0.251 e. The van der Waals surface area contributed by atoms with Gasteiger partial charge in [-0.15, -0.1) is 0 Å². The van der Waals surface area contributed by atoms with Crippen LogP contribution in [0.2, 0.25) is 0 Å². The maximum absolute atomic E-state index is 12.2. The monoisotopic (exact) mass is 302 g/mol. The molecule has 3 N–H and O–H groups in total. The zero-order valence-corrected chi connectivity index (χ0v) is 13.5. The van der Waals surface area contributed by atoms with Crippen LogP contribution in [0.15, 0.2) is 18.2 Å². The van der Waals surface area contributed by atoms with Gasteiger partial charge in [0.1, 0.15) is 0 Å². The number of carbonyl (C=O) groups excluding carboxylic acids is 1. The van der Waals surface area contributed by atoms with E-state index in [1.807, 2.05) is 36.9 Å². The Labute approximate surface area is 131 Å². The Balaban J connectivity index is 2.01. The fraction of sp³-hybridized carbons (Fsp3) is 0.471. The lowest BCUT2D eigenvalue weighted by Crippen LogP contribution is -2.36. The molecule has 21 heavy (non-hydrogen) atoms. The number of rotatable bonds is 3. The van der Waals surface area contributed by atoms with Crippen molar-refractivity contribution < 1.29 is 4.79 Å². The summed E-state index contributed by atoms with van der Waals surface area (Å²) >= 11 is 1.95. The van der Waals surface area contributed by atoms with Gasteiger partial charge < -0.3 is 11.1 Å². The highest BCUT2D eigenvalue weighted by molar-refractivity contribution is 8.00. The molecule has 1 unspecified atom stereocenters. The van der Waals surface area contributed by atoms with Crippen LogP contribution in [0, 0.1) is 18.8 Å². The van der Waals surface area contributed by atoms with Crippen LogP contribution in [0.5, 0.6) is 0 Å². The minimum absolute atomic E-state index is 0.00911. The van der Waals surface area contributed by atoms with Crippen molar-refractivity contribution in [2.45, 2.75) is 31.4 Å². The zero-order chi connectivity index (χ0) is 15.3. The molecule has 3 nitrogen and oxygen atoms in total. The third-order valence-electron chi connectivity index (χ3n) is 3.74. The molecule has 0 aromatic heterocycles.